The first-order valence-corrected chi connectivity index (χ1v) is 11.2. The molecule has 3 nitrogen and oxygen atoms in total. The number of rotatable bonds is 4. The van der Waals surface area contributed by atoms with E-state index >= 15 is 0 Å². The lowest BCUT2D eigenvalue weighted by atomic mass is 9.44. The van der Waals surface area contributed by atoms with Gasteiger partial charge in [-0.25, -0.2) is 0 Å². The lowest BCUT2D eigenvalue weighted by Gasteiger charge is -2.61. The second-order valence-electron chi connectivity index (χ2n) is 10.5. The van der Waals surface area contributed by atoms with Crippen molar-refractivity contribution in [2.24, 2.45) is 34.5 Å². The van der Waals surface area contributed by atoms with Crippen LogP contribution in [0.3, 0.4) is 0 Å². The zero-order chi connectivity index (χ0) is 18.6. The maximum Gasteiger partial charge on any atom is 0.164 e. The molecule has 0 bridgehead atoms. The van der Waals surface area contributed by atoms with Crippen molar-refractivity contribution < 1.29 is 15.0 Å². The van der Waals surface area contributed by atoms with E-state index in [-0.39, 0.29) is 17.8 Å². The van der Waals surface area contributed by atoms with Gasteiger partial charge in [0.2, 0.25) is 0 Å². The standard InChI is InChI=1S/C23H38O3/c1-21-12-4-3-6-16(21)8-9-17-18(21)10-13-22(2)19(17)11-14-23(22,26)20(25)7-5-15-24/h16-19,24,26H,3-15H2,1-2H3/t16?,17-,18+,19+,21+,22+,23+/m1/s1. The molecule has 0 heterocycles. The fourth-order valence-corrected chi connectivity index (χ4v) is 8.22. The summed E-state index contributed by atoms with van der Waals surface area (Å²) in [5.74, 6) is 2.91. The van der Waals surface area contributed by atoms with Crippen LogP contribution >= 0.6 is 0 Å². The molecule has 0 aliphatic heterocycles. The normalized spacial score (nSPS) is 50.6. The molecule has 0 aromatic carbocycles. The molecule has 0 radical (unpaired) electrons. The van der Waals surface area contributed by atoms with Crippen LogP contribution in [-0.2, 0) is 4.79 Å². The van der Waals surface area contributed by atoms with Crippen molar-refractivity contribution in [2.45, 2.75) is 96.5 Å². The van der Waals surface area contributed by atoms with Gasteiger partial charge in [-0.2, -0.15) is 0 Å². The Balaban J connectivity index is 1.59. The van der Waals surface area contributed by atoms with Gasteiger partial charge in [-0.05, 0) is 86.9 Å². The number of hydrogen-bond donors (Lipinski definition) is 2. The highest BCUT2D eigenvalue weighted by atomic mass is 16.3. The van der Waals surface area contributed by atoms with Gasteiger partial charge in [-0.1, -0.05) is 26.7 Å². The fourth-order valence-electron chi connectivity index (χ4n) is 8.22. The lowest BCUT2D eigenvalue weighted by molar-refractivity contribution is -0.169. The van der Waals surface area contributed by atoms with Crippen LogP contribution in [0.4, 0.5) is 0 Å². The number of carbonyl (C=O) groups is 1. The Morgan fingerprint density at radius 2 is 1.73 bits per heavy atom. The van der Waals surface area contributed by atoms with E-state index in [1.807, 2.05) is 0 Å². The van der Waals surface area contributed by atoms with Gasteiger partial charge in [0.1, 0.15) is 5.60 Å². The predicted molar refractivity (Wildman–Crippen MR) is 103 cm³/mol. The van der Waals surface area contributed by atoms with Gasteiger partial charge in [0, 0.05) is 18.4 Å². The summed E-state index contributed by atoms with van der Waals surface area (Å²) in [6, 6.07) is 0. The Hall–Kier alpha value is -0.410. The minimum absolute atomic E-state index is 0.00689. The number of aliphatic hydroxyl groups excluding tert-OH is 1. The first-order valence-electron chi connectivity index (χ1n) is 11.2. The van der Waals surface area contributed by atoms with E-state index in [1.54, 1.807) is 0 Å². The van der Waals surface area contributed by atoms with Crippen molar-refractivity contribution >= 4 is 5.78 Å². The van der Waals surface area contributed by atoms with Crippen molar-refractivity contribution in [3.8, 4) is 0 Å². The molecule has 4 rings (SSSR count). The van der Waals surface area contributed by atoms with Gasteiger partial charge in [-0.15, -0.1) is 0 Å². The quantitative estimate of drug-likeness (QED) is 0.774. The maximum atomic E-state index is 12.9. The van der Waals surface area contributed by atoms with Crippen LogP contribution in [-0.4, -0.2) is 28.2 Å². The Morgan fingerprint density at radius 3 is 2.50 bits per heavy atom. The number of fused-ring (bicyclic) bond motifs is 5. The molecule has 0 spiro atoms. The number of aliphatic hydroxyl groups is 2. The van der Waals surface area contributed by atoms with Crippen LogP contribution in [0.15, 0.2) is 0 Å². The van der Waals surface area contributed by atoms with E-state index in [1.165, 1.54) is 44.9 Å². The third-order valence-electron chi connectivity index (χ3n) is 9.76. The summed E-state index contributed by atoms with van der Waals surface area (Å²) in [4.78, 5) is 12.9. The van der Waals surface area contributed by atoms with E-state index in [0.29, 0.717) is 36.5 Å². The Kier molecular flexibility index (Phi) is 4.79. The highest BCUT2D eigenvalue weighted by Gasteiger charge is 2.66. The molecule has 2 N–H and O–H groups in total. The van der Waals surface area contributed by atoms with Gasteiger partial charge in [0.05, 0.1) is 0 Å². The molecule has 0 amide bonds. The zero-order valence-corrected chi connectivity index (χ0v) is 16.8. The molecule has 26 heavy (non-hydrogen) atoms. The molecule has 0 saturated heterocycles. The summed E-state index contributed by atoms with van der Waals surface area (Å²) >= 11 is 0. The third-order valence-corrected chi connectivity index (χ3v) is 9.76. The van der Waals surface area contributed by atoms with Crippen LogP contribution in [0.2, 0.25) is 0 Å². The molecule has 4 fully saturated rings. The van der Waals surface area contributed by atoms with Gasteiger partial charge in [0.25, 0.3) is 0 Å². The SMILES string of the molecule is C[C@]12CCCCC1CC[C@@H]1[C@@H]2CC[C@@]2(C)[C@H]1CC[C@]2(O)C(=O)CCCO. The van der Waals surface area contributed by atoms with Crippen molar-refractivity contribution in [3.63, 3.8) is 0 Å². The molecule has 3 heteroatoms. The number of ketones is 1. The topological polar surface area (TPSA) is 57.5 Å². The van der Waals surface area contributed by atoms with Gasteiger partial charge < -0.3 is 10.2 Å². The molecular formula is C23H38O3. The highest BCUT2D eigenvalue weighted by Crippen LogP contribution is 2.68. The molecular weight excluding hydrogens is 324 g/mol. The smallest absolute Gasteiger partial charge is 0.164 e. The van der Waals surface area contributed by atoms with Gasteiger partial charge in [0.15, 0.2) is 5.78 Å². The Labute approximate surface area is 158 Å². The molecule has 0 aromatic rings. The van der Waals surface area contributed by atoms with E-state index in [0.717, 1.165) is 24.7 Å². The van der Waals surface area contributed by atoms with Crippen LogP contribution in [0, 0.1) is 34.5 Å². The van der Waals surface area contributed by atoms with Crippen LogP contribution in [0.1, 0.15) is 90.9 Å². The Morgan fingerprint density at radius 1 is 0.962 bits per heavy atom. The van der Waals surface area contributed by atoms with E-state index in [2.05, 4.69) is 13.8 Å². The molecule has 1 unspecified atom stereocenters. The lowest BCUT2D eigenvalue weighted by Crippen LogP contribution is -2.58. The Bertz CT molecular complexity index is 560. The van der Waals surface area contributed by atoms with Crippen molar-refractivity contribution in [1.29, 1.82) is 0 Å². The van der Waals surface area contributed by atoms with Crippen LogP contribution in [0.5, 0.6) is 0 Å². The number of carbonyl (C=O) groups excluding carboxylic acids is 1. The third kappa shape index (κ3) is 2.49. The van der Waals surface area contributed by atoms with Crippen LogP contribution in [0.25, 0.3) is 0 Å². The summed E-state index contributed by atoms with van der Waals surface area (Å²) < 4.78 is 0. The van der Waals surface area contributed by atoms with Gasteiger partial charge >= 0.3 is 0 Å². The van der Waals surface area contributed by atoms with E-state index in [4.69, 9.17) is 5.11 Å². The molecule has 148 valence electrons. The van der Waals surface area contributed by atoms with Crippen LogP contribution < -0.4 is 0 Å². The van der Waals surface area contributed by atoms with Gasteiger partial charge in [-0.3, -0.25) is 4.79 Å². The molecule has 4 aliphatic carbocycles. The van der Waals surface area contributed by atoms with Crippen molar-refractivity contribution in [3.05, 3.63) is 0 Å². The molecule has 4 saturated carbocycles. The average Bonchev–Trinajstić information content (AvgIpc) is 2.91. The summed E-state index contributed by atoms with van der Waals surface area (Å²) in [5, 5.41) is 20.6. The molecule has 7 atom stereocenters. The second-order valence-corrected chi connectivity index (χ2v) is 10.5. The predicted octanol–water partition coefficient (Wildman–Crippen LogP) is 4.49. The molecule has 0 aromatic heterocycles. The minimum atomic E-state index is -1.15. The average molecular weight is 363 g/mol. The summed E-state index contributed by atoms with van der Waals surface area (Å²) in [6.45, 7) is 4.82. The number of Topliss-reactive ketones (excluding diaryl/α,β-unsaturated/α-hetero) is 1. The summed E-state index contributed by atoms with van der Waals surface area (Å²) in [7, 11) is 0. The van der Waals surface area contributed by atoms with Crippen molar-refractivity contribution in [1.82, 2.24) is 0 Å². The zero-order valence-electron chi connectivity index (χ0n) is 16.8. The number of hydrogen-bond acceptors (Lipinski definition) is 3. The summed E-state index contributed by atoms with van der Waals surface area (Å²) in [6.07, 6.45) is 12.9. The largest absolute Gasteiger partial charge is 0.396 e. The second kappa shape index (κ2) is 6.58. The minimum Gasteiger partial charge on any atom is -0.396 e. The first-order chi connectivity index (χ1) is 12.4. The summed E-state index contributed by atoms with van der Waals surface area (Å²) in [5.41, 5.74) is -0.898. The highest BCUT2D eigenvalue weighted by molar-refractivity contribution is 5.88. The monoisotopic (exact) mass is 362 g/mol. The molecule has 4 aliphatic rings. The van der Waals surface area contributed by atoms with E-state index < -0.39 is 5.60 Å². The maximum absolute atomic E-state index is 12.9. The first kappa shape index (κ1) is 18.9. The van der Waals surface area contributed by atoms with Crippen molar-refractivity contribution in [2.75, 3.05) is 6.61 Å². The fraction of sp³-hybridized carbons (Fsp3) is 0.957. The van der Waals surface area contributed by atoms with E-state index in [9.17, 15) is 9.90 Å².